The van der Waals surface area contributed by atoms with E-state index >= 15 is 0 Å². The molecule has 3 rings (SSSR count). The Labute approximate surface area is 168 Å². The first kappa shape index (κ1) is 20.4. The molecule has 1 aromatic heterocycles. The van der Waals surface area contributed by atoms with E-state index in [0.717, 1.165) is 21.8 Å². The van der Waals surface area contributed by atoms with E-state index in [4.69, 9.17) is 14.3 Å². The van der Waals surface area contributed by atoms with Crippen molar-refractivity contribution in [3.63, 3.8) is 0 Å². The van der Waals surface area contributed by atoms with Crippen LogP contribution in [-0.4, -0.2) is 43.9 Å². The quantitative estimate of drug-likeness (QED) is 0.571. The van der Waals surface area contributed by atoms with Crippen LogP contribution < -0.4 is 9.04 Å². The predicted molar refractivity (Wildman–Crippen MR) is 107 cm³/mol. The van der Waals surface area contributed by atoms with E-state index in [-0.39, 0.29) is 5.69 Å². The molecule has 8 nitrogen and oxygen atoms in total. The Morgan fingerprint density at radius 3 is 2.45 bits per heavy atom. The molecule has 0 bridgehead atoms. The van der Waals surface area contributed by atoms with Crippen LogP contribution in [0.5, 0.6) is 5.75 Å². The maximum absolute atomic E-state index is 11.8. The summed E-state index contributed by atoms with van der Waals surface area (Å²) in [6, 6.07) is 15.8. The fraction of sp³-hybridized carbons (Fsp3) is 0.200. The monoisotopic (exact) mass is 416 g/mol. The van der Waals surface area contributed by atoms with Crippen LogP contribution in [0.15, 0.2) is 65.3 Å². The third-order valence-corrected chi connectivity index (χ3v) is 5.14. The normalized spacial score (nSPS) is 11.2. The number of sulfonamides is 1. The van der Waals surface area contributed by atoms with Crippen molar-refractivity contribution >= 4 is 21.7 Å². The Bertz CT molecular complexity index is 1060. The Kier molecular flexibility index (Phi) is 6.18. The predicted octanol–water partition coefficient (Wildman–Crippen LogP) is 2.81. The van der Waals surface area contributed by atoms with Crippen molar-refractivity contribution in [2.75, 3.05) is 23.7 Å². The second-order valence-electron chi connectivity index (χ2n) is 6.27. The Morgan fingerprint density at radius 1 is 1.14 bits per heavy atom. The van der Waals surface area contributed by atoms with Crippen molar-refractivity contribution in [3.8, 4) is 17.2 Å². The third kappa shape index (κ3) is 5.58. The van der Waals surface area contributed by atoms with E-state index in [9.17, 15) is 13.2 Å². The fourth-order valence-corrected chi connectivity index (χ4v) is 3.49. The van der Waals surface area contributed by atoms with Gasteiger partial charge in [-0.25, -0.2) is 13.4 Å². The molecular weight excluding hydrogens is 396 g/mol. The van der Waals surface area contributed by atoms with Crippen LogP contribution in [0.25, 0.3) is 11.5 Å². The van der Waals surface area contributed by atoms with Crippen LogP contribution >= 0.6 is 0 Å². The Morgan fingerprint density at radius 2 is 1.83 bits per heavy atom. The molecule has 9 heteroatoms. The van der Waals surface area contributed by atoms with Gasteiger partial charge >= 0.3 is 5.97 Å². The number of nitrogens with zero attached hydrogens (tertiary/aromatic N) is 2. The van der Waals surface area contributed by atoms with Gasteiger partial charge in [-0.3, -0.25) is 9.10 Å². The van der Waals surface area contributed by atoms with Gasteiger partial charge in [0.05, 0.1) is 24.2 Å². The molecule has 0 aliphatic rings. The molecule has 0 fully saturated rings. The van der Waals surface area contributed by atoms with Gasteiger partial charge in [0.25, 0.3) is 0 Å². The SMILES string of the molecule is CS(=O)(=O)N(CC(=O)O)c1ccc(OCCc2coc(-c3ccccc3)n2)cc1. The van der Waals surface area contributed by atoms with Crippen molar-refractivity contribution in [1.29, 1.82) is 0 Å². The van der Waals surface area contributed by atoms with E-state index in [1.807, 2.05) is 30.3 Å². The molecule has 0 unspecified atom stereocenters. The molecule has 29 heavy (non-hydrogen) atoms. The van der Waals surface area contributed by atoms with Crippen LogP contribution in [0.1, 0.15) is 5.69 Å². The van der Waals surface area contributed by atoms with Gasteiger partial charge in [0, 0.05) is 12.0 Å². The number of carboxylic acids is 1. The lowest BCUT2D eigenvalue weighted by Crippen LogP contribution is -2.34. The molecule has 0 radical (unpaired) electrons. The van der Waals surface area contributed by atoms with Gasteiger partial charge in [0.2, 0.25) is 15.9 Å². The van der Waals surface area contributed by atoms with Gasteiger partial charge in [0.15, 0.2) is 0 Å². The summed E-state index contributed by atoms with van der Waals surface area (Å²) >= 11 is 0. The van der Waals surface area contributed by atoms with Crippen LogP contribution in [0, 0.1) is 0 Å². The van der Waals surface area contributed by atoms with Gasteiger partial charge in [-0.1, -0.05) is 18.2 Å². The number of aromatic nitrogens is 1. The molecule has 1 N–H and O–H groups in total. The molecule has 0 aliphatic carbocycles. The number of hydrogen-bond acceptors (Lipinski definition) is 6. The summed E-state index contributed by atoms with van der Waals surface area (Å²) in [5, 5.41) is 8.92. The lowest BCUT2D eigenvalue weighted by molar-refractivity contribution is -0.135. The summed E-state index contributed by atoms with van der Waals surface area (Å²) in [5.41, 5.74) is 1.91. The highest BCUT2D eigenvalue weighted by Gasteiger charge is 2.20. The summed E-state index contributed by atoms with van der Waals surface area (Å²) in [7, 11) is -3.71. The highest BCUT2D eigenvalue weighted by Crippen LogP contribution is 2.22. The zero-order chi connectivity index (χ0) is 20.9. The minimum atomic E-state index is -3.71. The third-order valence-electron chi connectivity index (χ3n) is 4.00. The number of oxazole rings is 1. The molecular formula is C20H20N2O6S. The summed E-state index contributed by atoms with van der Waals surface area (Å²) in [5.74, 6) is -0.160. The van der Waals surface area contributed by atoms with Gasteiger partial charge in [-0.2, -0.15) is 0 Å². The average molecular weight is 416 g/mol. The summed E-state index contributed by atoms with van der Waals surface area (Å²) < 4.78 is 35.6. The summed E-state index contributed by atoms with van der Waals surface area (Å²) in [6.07, 6.45) is 3.08. The van der Waals surface area contributed by atoms with Crippen LogP contribution in [0.3, 0.4) is 0 Å². The number of aliphatic carboxylic acids is 1. The summed E-state index contributed by atoms with van der Waals surface area (Å²) in [4.78, 5) is 15.3. The molecule has 0 saturated carbocycles. The average Bonchev–Trinajstić information content (AvgIpc) is 3.15. The van der Waals surface area contributed by atoms with Crippen molar-refractivity contribution in [2.24, 2.45) is 0 Å². The van der Waals surface area contributed by atoms with Crippen molar-refractivity contribution in [3.05, 3.63) is 66.6 Å². The molecule has 0 aliphatic heterocycles. The minimum absolute atomic E-state index is 0.256. The molecule has 0 saturated heterocycles. The van der Waals surface area contributed by atoms with Crippen molar-refractivity contribution in [2.45, 2.75) is 6.42 Å². The smallest absolute Gasteiger partial charge is 0.324 e. The highest BCUT2D eigenvalue weighted by molar-refractivity contribution is 7.92. The van der Waals surface area contributed by atoms with Crippen molar-refractivity contribution < 1.29 is 27.5 Å². The second kappa shape index (κ2) is 8.78. The minimum Gasteiger partial charge on any atom is -0.493 e. The Hall–Kier alpha value is -3.33. The van der Waals surface area contributed by atoms with Gasteiger partial charge < -0.3 is 14.3 Å². The molecule has 0 atom stereocenters. The van der Waals surface area contributed by atoms with Crippen LogP contribution in [-0.2, 0) is 21.2 Å². The van der Waals surface area contributed by atoms with E-state index < -0.39 is 22.5 Å². The van der Waals surface area contributed by atoms with E-state index in [0.29, 0.717) is 24.7 Å². The van der Waals surface area contributed by atoms with E-state index in [1.54, 1.807) is 18.4 Å². The number of ether oxygens (including phenoxy) is 1. The van der Waals surface area contributed by atoms with E-state index in [2.05, 4.69) is 4.98 Å². The maximum Gasteiger partial charge on any atom is 0.324 e. The number of carbonyl (C=O) groups is 1. The number of hydrogen-bond donors (Lipinski definition) is 1. The topological polar surface area (TPSA) is 110 Å². The van der Waals surface area contributed by atoms with Gasteiger partial charge in [0.1, 0.15) is 18.6 Å². The standard InChI is InChI=1S/C20H20N2O6S/c1-29(25,26)22(13-19(23)24)17-7-9-18(10-8-17)27-12-11-16-14-28-20(21-16)15-5-3-2-4-6-15/h2-10,14H,11-13H2,1H3,(H,23,24). The molecule has 0 amide bonds. The number of anilines is 1. The lowest BCUT2D eigenvalue weighted by Gasteiger charge is -2.20. The van der Waals surface area contributed by atoms with E-state index in [1.165, 1.54) is 12.1 Å². The molecule has 1 heterocycles. The number of benzene rings is 2. The number of carboxylic acid groups (broad SMARTS) is 1. The zero-order valence-corrected chi connectivity index (χ0v) is 16.5. The number of rotatable bonds is 9. The second-order valence-corrected chi connectivity index (χ2v) is 8.17. The molecule has 0 spiro atoms. The fourth-order valence-electron chi connectivity index (χ4n) is 2.64. The Balaban J connectivity index is 1.58. The zero-order valence-electron chi connectivity index (χ0n) is 15.7. The maximum atomic E-state index is 11.8. The molecule has 152 valence electrons. The first-order chi connectivity index (χ1) is 13.8. The van der Waals surface area contributed by atoms with Crippen molar-refractivity contribution in [1.82, 2.24) is 4.98 Å². The summed E-state index contributed by atoms with van der Waals surface area (Å²) in [6.45, 7) is -0.292. The van der Waals surface area contributed by atoms with Crippen LogP contribution in [0.4, 0.5) is 5.69 Å². The van der Waals surface area contributed by atoms with Crippen LogP contribution in [0.2, 0.25) is 0 Å². The highest BCUT2D eigenvalue weighted by atomic mass is 32.2. The largest absolute Gasteiger partial charge is 0.493 e. The van der Waals surface area contributed by atoms with Gasteiger partial charge in [-0.15, -0.1) is 0 Å². The first-order valence-electron chi connectivity index (χ1n) is 8.75. The molecule has 3 aromatic rings. The first-order valence-corrected chi connectivity index (χ1v) is 10.6. The molecule has 2 aromatic carbocycles. The van der Waals surface area contributed by atoms with Gasteiger partial charge in [-0.05, 0) is 36.4 Å². The lowest BCUT2D eigenvalue weighted by atomic mass is 10.2.